The molecule has 134 valence electrons. The Bertz CT molecular complexity index is 736. The summed E-state index contributed by atoms with van der Waals surface area (Å²) in [7, 11) is 0. The Kier molecular flexibility index (Phi) is 6.70. The highest BCUT2D eigenvalue weighted by molar-refractivity contribution is 7.17. The first kappa shape index (κ1) is 19.1. The van der Waals surface area contributed by atoms with Crippen LogP contribution in [0.25, 0.3) is 0 Å². The number of amides is 1. The van der Waals surface area contributed by atoms with Gasteiger partial charge in [0.15, 0.2) is 5.13 Å². The lowest BCUT2D eigenvalue weighted by molar-refractivity contribution is -0.116. The number of benzene rings is 1. The fraction of sp³-hybridized carbons (Fsp3) is 0.421. The number of hydrogen-bond acceptors (Lipinski definition) is 5. The molecule has 6 heteroatoms. The van der Waals surface area contributed by atoms with E-state index in [4.69, 9.17) is 4.74 Å². The van der Waals surface area contributed by atoms with Crippen molar-refractivity contribution in [3.8, 4) is 0 Å². The molecule has 5 nitrogen and oxygen atoms in total. The smallest absolute Gasteiger partial charge is 0.350 e. The third kappa shape index (κ3) is 5.39. The lowest BCUT2D eigenvalue weighted by Gasteiger charge is -2.07. The zero-order valence-corrected chi connectivity index (χ0v) is 15.9. The van der Waals surface area contributed by atoms with E-state index in [0.717, 1.165) is 16.9 Å². The van der Waals surface area contributed by atoms with Crippen LogP contribution in [0, 0.1) is 6.92 Å². The molecule has 0 saturated carbocycles. The van der Waals surface area contributed by atoms with Gasteiger partial charge >= 0.3 is 5.97 Å². The molecule has 0 atom stereocenters. The van der Waals surface area contributed by atoms with Gasteiger partial charge in [0.05, 0.1) is 12.3 Å². The predicted octanol–water partition coefficient (Wildman–Crippen LogP) is 4.32. The largest absolute Gasteiger partial charge is 0.462 e. The molecule has 0 radical (unpaired) electrons. The lowest BCUT2D eigenvalue weighted by Crippen LogP contribution is -2.12. The van der Waals surface area contributed by atoms with Crippen molar-refractivity contribution in [2.45, 2.75) is 46.5 Å². The molecular weight excluding hydrogens is 336 g/mol. The molecule has 0 aliphatic carbocycles. The summed E-state index contributed by atoms with van der Waals surface area (Å²) in [6.45, 7) is 8.11. The van der Waals surface area contributed by atoms with Gasteiger partial charge in [-0.25, -0.2) is 9.78 Å². The van der Waals surface area contributed by atoms with Gasteiger partial charge in [-0.2, -0.15) is 0 Å². The highest BCUT2D eigenvalue weighted by atomic mass is 32.1. The zero-order chi connectivity index (χ0) is 18.4. The summed E-state index contributed by atoms with van der Waals surface area (Å²) in [5.41, 5.74) is 2.99. The summed E-state index contributed by atoms with van der Waals surface area (Å²) in [4.78, 5) is 28.6. The number of esters is 1. The van der Waals surface area contributed by atoms with Crippen molar-refractivity contribution in [2.75, 3.05) is 11.9 Å². The topological polar surface area (TPSA) is 68.3 Å². The fourth-order valence-electron chi connectivity index (χ4n) is 2.34. The van der Waals surface area contributed by atoms with Crippen LogP contribution in [0.1, 0.15) is 59.6 Å². The van der Waals surface area contributed by atoms with E-state index in [2.05, 4.69) is 48.4 Å². The Balaban J connectivity index is 1.90. The SMILES string of the molecule is CCOC(=O)c1sc(NC(=O)CCc2ccc(C(C)C)cc2)nc1C. The number of nitrogens with one attached hydrogen (secondary N) is 1. The lowest BCUT2D eigenvalue weighted by atomic mass is 10.0. The maximum Gasteiger partial charge on any atom is 0.350 e. The molecule has 0 aliphatic heterocycles. The highest BCUT2D eigenvalue weighted by Crippen LogP contribution is 2.23. The number of aryl methyl sites for hydroxylation is 2. The third-order valence-corrected chi connectivity index (χ3v) is 4.84. The molecule has 0 unspecified atom stereocenters. The van der Waals surface area contributed by atoms with E-state index < -0.39 is 5.97 Å². The van der Waals surface area contributed by atoms with Crippen molar-refractivity contribution in [1.82, 2.24) is 4.98 Å². The number of hydrogen-bond donors (Lipinski definition) is 1. The van der Waals surface area contributed by atoms with E-state index in [1.165, 1.54) is 5.56 Å². The van der Waals surface area contributed by atoms with Gasteiger partial charge in [0, 0.05) is 6.42 Å². The molecule has 25 heavy (non-hydrogen) atoms. The summed E-state index contributed by atoms with van der Waals surface area (Å²) >= 11 is 1.15. The van der Waals surface area contributed by atoms with Gasteiger partial charge in [-0.15, -0.1) is 0 Å². The van der Waals surface area contributed by atoms with Crippen LogP contribution in [0.3, 0.4) is 0 Å². The van der Waals surface area contributed by atoms with E-state index >= 15 is 0 Å². The van der Waals surface area contributed by atoms with Crippen LogP contribution in [-0.2, 0) is 16.0 Å². The summed E-state index contributed by atoms with van der Waals surface area (Å²) in [5.74, 6) is -0.0144. The third-order valence-electron chi connectivity index (χ3n) is 3.79. The van der Waals surface area contributed by atoms with Crippen LogP contribution in [0.4, 0.5) is 5.13 Å². The van der Waals surface area contributed by atoms with Crippen LogP contribution >= 0.6 is 11.3 Å². The zero-order valence-electron chi connectivity index (χ0n) is 15.1. The van der Waals surface area contributed by atoms with Crippen molar-refractivity contribution < 1.29 is 14.3 Å². The predicted molar refractivity (Wildman–Crippen MR) is 100 cm³/mol. The number of rotatable bonds is 7. The van der Waals surface area contributed by atoms with Crippen molar-refractivity contribution in [1.29, 1.82) is 0 Å². The molecule has 1 aromatic heterocycles. The normalized spacial score (nSPS) is 10.8. The molecule has 2 aromatic rings. The van der Waals surface area contributed by atoms with Gasteiger partial charge in [-0.1, -0.05) is 49.4 Å². The average Bonchev–Trinajstić information content (AvgIpc) is 2.94. The molecule has 0 fully saturated rings. The number of anilines is 1. The van der Waals surface area contributed by atoms with Gasteiger partial charge in [-0.05, 0) is 37.3 Å². The Morgan fingerprint density at radius 1 is 1.24 bits per heavy atom. The molecule has 1 amide bonds. The van der Waals surface area contributed by atoms with E-state index in [0.29, 0.717) is 41.1 Å². The Hall–Kier alpha value is -2.21. The maximum atomic E-state index is 12.1. The molecule has 0 bridgehead atoms. The minimum Gasteiger partial charge on any atom is -0.462 e. The fourth-order valence-corrected chi connectivity index (χ4v) is 3.22. The standard InChI is InChI=1S/C19H24N2O3S/c1-5-24-18(23)17-13(4)20-19(25-17)21-16(22)11-8-14-6-9-15(10-7-14)12(2)3/h6-7,9-10,12H,5,8,11H2,1-4H3,(H,20,21,22). The number of carbonyl (C=O) groups is 2. The first-order chi connectivity index (χ1) is 11.9. The average molecular weight is 360 g/mol. The van der Waals surface area contributed by atoms with Crippen LogP contribution in [0.5, 0.6) is 0 Å². The number of thiazole rings is 1. The van der Waals surface area contributed by atoms with Gasteiger partial charge in [0.1, 0.15) is 4.88 Å². The van der Waals surface area contributed by atoms with Gasteiger partial charge in [0.25, 0.3) is 0 Å². The quantitative estimate of drug-likeness (QED) is 0.747. The summed E-state index contributed by atoms with van der Waals surface area (Å²) in [5, 5.41) is 3.19. The van der Waals surface area contributed by atoms with Crippen LogP contribution < -0.4 is 5.32 Å². The van der Waals surface area contributed by atoms with Crippen molar-refractivity contribution >= 4 is 28.3 Å². The van der Waals surface area contributed by atoms with Gasteiger partial charge in [-0.3, -0.25) is 4.79 Å². The second kappa shape index (κ2) is 8.76. The first-order valence-corrected chi connectivity index (χ1v) is 9.25. The maximum absolute atomic E-state index is 12.1. The van der Waals surface area contributed by atoms with E-state index in [-0.39, 0.29) is 5.91 Å². The second-order valence-electron chi connectivity index (χ2n) is 6.10. The number of aromatic nitrogens is 1. The number of nitrogens with zero attached hydrogens (tertiary/aromatic N) is 1. The summed E-state index contributed by atoms with van der Waals surface area (Å²) in [6.07, 6.45) is 1.04. The Labute approximate surface area is 152 Å². The summed E-state index contributed by atoms with van der Waals surface area (Å²) in [6, 6.07) is 8.34. The number of carbonyl (C=O) groups excluding carboxylic acids is 2. The molecular formula is C19H24N2O3S. The first-order valence-electron chi connectivity index (χ1n) is 8.44. The Morgan fingerprint density at radius 3 is 2.52 bits per heavy atom. The molecule has 0 aliphatic rings. The van der Waals surface area contributed by atoms with Crippen molar-refractivity contribution in [2.24, 2.45) is 0 Å². The second-order valence-corrected chi connectivity index (χ2v) is 7.10. The van der Waals surface area contributed by atoms with Crippen molar-refractivity contribution in [3.05, 3.63) is 46.0 Å². The van der Waals surface area contributed by atoms with E-state index in [1.54, 1.807) is 13.8 Å². The molecule has 0 spiro atoms. The summed E-state index contributed by atoms with van der Waals surface area (Å²) < 4.78 is 4.98. The van der Waals surface area contributed by atoms with Crippen molar-refractivity contribution in [3.63, 3.8) is 0 Å². The molecule has 0 saturated heterocycles. The Morgan fingerprint density at radius 2 is 1.92 bits per heavy atom. The van der Waals surface area contributed by atoms with E-state index in [9.17, 15) is 9.59 Å². The van der Waals surface area contributed by atoms with Crippen LogP contribution in [0.15, 0.2) is 24.3 Å². The van der Waals surface area contributed by atoms with Gasteiger partial charge in [0.2, 0.25) is 5.91 Å². The minimum absolute atomic E-state index is 0.114. The monoisotopic (exact) mass is 360 g/mol. The minimum atomic E-state index is -0.400. The molecule has 1 aromatic carbocycles. The van der Waals surface area contributed by atoms with Crippen LogP contribution in [0.2, 0.25) is 0 Å². The molecule has 2 rings (SSSR count). The van der Waals surface area contributed by atoms with E-state index in [1.807, 2.05) is 0 Å². The van der Waals surface area contributed by atoms with Gasteiger partial charge < -0.3 is 10.1 Å². The highest BCUT2D eigenvalue weighted by Gasteiger charge is 2.17. The molecule has 1 heterocycles. The number of ether oxygens (including phenoxy) is 1. The van der Waals surface area contributed by atoms with Crippen LogP contribution in [-0.4, -0.2) is 23.5 Å². The molecule has 1 N–H and O–H groups in total.